The number of aliphatic hydroxyl groups is 1. The Bertz CT molecular complexity index is 322. The lowest BCUT2D eigenvalue weighted by molar-refractivity contribution is 0.0732. The number of nitrogens with zero attached hydrogens (tertiary/aromatic N) is 1. The summed E-state index contributed by atoms with van der Waals surface area (Å²) in [6.45, 7) is 0. The molecular formula is C11H14BrNOS. The molecule has 0 amide bonds. The lowest BCUT2D eigenvalue weighted by Crippen LogP contribution is -2.27. The molecule has 1 aromatic rings. The van der Waals surface area contributed by atoms with Gasteiger partial charge < -0.3 is 5.11 Å². The van der Waals surface area contributed by atoms with Crippen molar-refractivity contribution < 1.29 is 5.11 Å². The number of pyridine rings is 1. The quantitative estimate of drug-likeness (QED) is 0.867. The molecule has 0 radical (unpaired) electrons. The third-order valence-electron chi connectivity index (χ3n) is 2.72. The van der Waals surface area contributed by atoms with Gasteiger partial charge in [-0.3, -0.25) is 0 Å². The fourth-order valence-corrected chi connectivity index (χ4v) is 3.06. The summed E-state index contributed by atoms with van der Waals surface area (Å²) in [5, 5.41) is 11.1. The van der Waals surface area contributed by atoms with E-state index in [1.807, 2.05) is 12.1 Å². The zero-order valence-corrected chi connectivity index (χ0v) is 10.9. The summed E-state index contributed by atoms with van der Waals surface area (Å²) >= 11 is 5.00. The zero-order valence-electron chi connectivity index (χ0n) is 8.45. The monoisotopic (exact) mass is 287 g/mol. The molecule has 15 heavy (non-hydrogen) atoms. The first kappa shape index (κ1) is 11.4. The van der Waals surface area contributed by atoms with Crippen LogP contribution in [0.15, 0.2) is 27.8 Å². The molecule has 82 valence electrons. The highest BCUT2D eigenvalue weighted by Gasteiger charge is 2.30. The summed E-state index contributed by atoms with van der Waals surface area (Å²) in [6.07, 6.45) is 5.99. The second-order valence-corrected chi connectivity index (χ2v) is 5.95. The van der Waals surface area contributed by atoms with E-state index in [2.05, 4.69) is 20.9 Å². The molecule has 1 heterocycles. The molecule has 1 aliphatic carbocycles. The van der Waals surface area contributed by atoms with E-state index in [1.165, 1.54) is 0 Å². The third kappa shape index (κ3) is 3.20. The molecule has 0 unspecified atom stereocenters. The van der Waals surface area contributed by atoms with Crippen molar-refractivity contribution in [2.24, 2.45) is 0 Å². The van der Waals surface area contributed by atoms with E-state index in [0.29, 0.717) is 0 Å². The predicted molar refractivity (Wildman–Crippen MR) is 66.1 cm³/mol. The molecule has 0 bridgehead atoms. The van der Waals surface area contributed by atoms with Crippen LogP contribution in [-0.4, -0.2) is 21.4 Å². The topological polar surface area (TPSA) is 33.1 Å². The number of halogens is 1. The van der Waals surface area contributed by atoms with Crippen LogP contribution in [0.2, 0.25) is 0 Å². The van der Waals surface area contributed by atoms with E-state index in [-0.39, 0.29) is 0 Å². The SMILES string of the molecule is OC1(CSc2ccc(Br)cn2)CCCC1. The zero-order chi connectivity index (χ0) is 10.7. The van der Waals surface area contributed by atoms with Crippen molar-refractivity contribution in [3.05, 3.63) is 22.8 Å². The van der Waals surface area contributed by atoms with Crippen LogP contribution in [0.5, 0.6) is 0 Å². The van der Waals surface area contributed by atoms with E-state index < -0.39 is 5.60 Å². The normalized spacial score (nSPS) is 19.3. The number of hydrogen-bond acceptors (Lipinski definition) is 3. The molecule has 4 heteroatoms. The summed E-state index contributed by atoms with van der Waals surface area (Å²) in [4.78, 5) is 4.28. The van der Waals surface area contributed by atoms with Crippen LogP contribution in [-0.2, 0) is 0 Å². The number of rotatable bonds is 3. The molecule has 1 saturated carbocycles. The van der Waals surface area contributed by atoms with E-state index >= 15 is 0 Å². The fraction of sp³-hybridized carbons (Fsp3) is 0.545. The first-order valence-electron chi connectivity index (χ1n) is 5.15. The van der Waals surface area contributed by atoms with Gasteiger partial charge in [0.25, 0.3) is 0 Å². The molecule has 0 atom stereocenters. The van der Waals surface area contributed by atoms with Gasteiger partial charge in [0.2, 0.25) is 0 Å². The first-order valence-corrected chi connectivity index (χ1v) is 6.93. The Balaban J connectivity index is 1.90. The van der Waals surface area contributed by atoms with Gasteiger partial charge in [0, 0.05) is 16.4 Å². The molecule has 1 fully saturated rings. The van der Waals surface area contributed by atoms with Gasteiger partial charge in [-0.2, -0.15) is 0 Å². The lowest BCUT2D eigenvalue weighted by atomic mass is 10.1. The highest BCUT2D eigenvalue weighted by Crippen LogP contribution is 2.34. The largest absolute Gasteiger partial charge is 0.389 e. The van der Waals surface area contributed by atoms with Crippen LogP contribution < -0.4 is 0 Å². The van der Waals surface area contributed by atoms with Gasteiger partial charge in [0.15, 0.2) is 0 Å². The molecule has 1 aromatic heterocycles. The van der Waals surface area contributed by atoms with Crippen molar-refractivity contribution in [1.29, 1.82) is 0 Å². The molecule has 1 N–H and O–H groups in total. The van der Waals surface area contributed by atoms with Crippen LogP contribution in [0.1, 0.15) is 25.7 Å². The minimum absolute atomic E-state index is 0.445. The number of hydrogen-bond donors (Lipinski definition) is 1. The summed E-state index contributed by atoms with van der Waals surface area (Å²) in [5.74, 6) is 0.766. The van der Waals surface area contributed by atoms with Crippen LogP contribution in [0.25, 0.3) is 0 Å². The highest BCUT2D eigenvalue weighted by molar-refractivity contribution is 9.10. The second-order valence-electron chi connectivity index (χ2n) is 4.03. The molecule has 2 nitrogen and oxygen atoms in total. The molecular weight excluding hydrogens is 274 g/mol. The minimum atomic E-state index is -0.445. The van der Waals surface area contributed by atoms with Gasteiger partial charge in [-0.15, -0.1) is 11.8 Å². The van der Waals surface area contributed by atoms with E-state index in [9.17, 15) is 5.11 Å². The van der Waals surface area contributed by atoms with Crippen molar-refractivity contribution in [1.82, 2.24) is 4.98 Å². The number of aromatic nitrogens is 1. The Morgan fingerprint density at radius 2 is 2.13 bits per heavy atom. The smallest absolute Gasteiger partial charge is 0.0961 e. The standard InChI is InChI=1S/C11H14BrNOS/c12-9-3-4-10(13-7-9)15-8-11(14)5-1-2-6-11/h3-4,7,14H,1-2,5-6,8H2. The first-order chi connectivity index (χ1) is 7.18. The van der Waals surface area contributed by atoms with Gasteiger partial charge in [0.05, 0.1) is 10.6 Å². The summed E-state index contributed by atoms with van der Waals surface area (Å²) < 4.78 is 0.992. The Morgan fingerprint density at radius 3 is 2.73 bits per heavy atom. The average molecular weight is 288 g/mol. The van der Waals surface area contributed by atoms with Gasteiger partial charge in [-0.05, 0) is 40.9 Å². The summed E-state index contributed by atoms with van der Waals surface area (Å²) in [6, 6.07) is 3.96. The number of thioether (sulfide) groups is 1. The maximum absolute atomic E-state index is 10.1. The van der Waals surface area contributed by atoms with Gasteiger partial charge in [-0.1, -0.05) is 12.8 Å². The van der Waals surface area contributed by atoms with Crippen LogP contribution in [0.3, 0.4) is 0 Å². The van der Waals surface area contributed by atoms with Crippen LogP contribution in [0.4, 0.5) is 0 Å². The van der Waals surface area contributed by atoms with E-state index in [0.717, 1.165) is 40.9 Å². The van der Waals surface area contributed by atoms with Crippen molar-refractivity contribution >= 4 is 27.7 Å². The van der Waals surface area contributed by atoms with E-state index in [4.69, 9.17) is 0 Å². The molecule has 0 saturated heterocycles. The lowest BCUT2D eigenvalue weighted by Gasteiger charge is -2.20. The highest BCUT2D eigenvalue weighted by atomic mass is 79.9. The Kier molecular flexibility index (Phi) is 3.69. The minimum Gasteiger partial charge on any atom is -0.389 e. The maximum atomic E-state index is 10.1. The van der Waals surface area contributed by atoms with Crippen LogP contribution in [0, 0.1) is 0 Å². The van der Waals surface area contributed by atoms with Gasteiger partial charge in [-0.25, -0.2) is 4.98 Å². The molecule has 0 aromatic carbocycles. The molecule has 1 aliphatic rings. The van der Waals surface area contributed by atoms with Crippen molar-refractivity contribution in [2.45, 2.75) is 36.3 Å². The predicted octanol–water partition coefficient (Wildman–Crippen LogP) is 3.24. The molecule has 0 aliphatic heterocycles. The Morgan fingerprint density at radius 1 is 1.40 bits per heavy atom. The van der Waals surface area contributed by atoms with E-state index in [1.54, 1.807) is 18.0 Å². The van der Waals surface area contributed by atoms with Crippen LogP contribution >= 0.6 is 27.7 Å². The van der Waals surface area contributed by atoms with Crippen molar-refractivity contribution in [3.63, 3.8) is 0 Å². The second kappa shape index (κ2) is 4.85. The Hall–Kier alpha value is -0.0600. The van der Waals surface area contributed by atoms with Crippen molar-refractivity contribution in [3.8, 4) is 0 Å². The average Bonchev–Trinajstić information content (AvgIpc) is 2.65. The Labute approximate surface area is 103 Å². The van der Waals surface area contributed by atoms with Gasteiger partial charge in [0.1, 0.15) is 0 Å². The van der Waals surface area contributed by atoms with Crippen molar-refractivity contribution in [2.75, 3.05) is 5.75 Å². The summed E-state index contributed by atoms with van der Waals surface area (Å²) in [5.41, 5.74) is -0.445. The molecule has 2 rings (SSSR count). The third-order valence-corrected chi connectivity index (χ3v) is 4.41. The summed E-state index contributed by atoms with van der Waals surface area (Å²) in [7, 11) is 0. The molecule has 0 spiro atoms. The van der Waals surface area contributed by atoms with Gasteiger partial charge >= 0.3 is 0 Å². The maximum Gasteiger partial charge on any atom is 0.0961 e. The fourth-order valence-electron chi connectivity index (χ4n) is 1.83.